The predicted molar refractivity (Wildman–Crippen MR) is 73.1 cm³/mol. The van der Waals surface area contributed by atoms with Crippen LogP contribution < -0.4 is 0 Å². The minimum Gasteiger partial charge on any atom is -0.393 e. The van der Waals surface area contributed by atoms with E-state index >= 15 is 0 Å². The summed E-state index contributed by atoms with van der Waals surface area (Å²) in [6, 6.07) is 9.28. The number of aliphatic hydroxyl groups excluding tert-OH is 1. The van der Waals surface area contributed by atoms with Gasteiger partial charge in [-0.1, -0.05) is 38.1 Å². The predicted octanol–water partition coefficient (Wildman–Crippen LogP) is 2.94. The maximum Gasteiger partial charge on any atom is 0.0606 e. The van der Waals surface area contributed by atoms with E-state index in [-0.39, 0.29) is 11.5 Å². The Hall–Kier alpha value is -0.860. The summed E-state index contributed by atoms with van der Waals surface area (Å²) in [6.07, 6.45) is 3.13. The van der Waals surface area contributed by atoms with Crippen LogP contribution in [0.1, 0.15) is 44.2 Å². The monoisotopic (exact) mass is 245 g/mol. The molecule has 0 saturated heterocycles. The zero-order chi connectivity index (χ0) is 12.8. The SMILES string of the molecule is CC1(C)CC[C@@H](N2Cc3ccccc3C2)C[C@H]1O. The first kappa shape index (κ1) is 12.2. The summed E-state index contributed by atoms with van der Waals surface area (Å²) in [5.41, 5.74) is 3.04. The minimum absolute atomic E-state index is 0.100. The van der Waals surface area contributed by atoms with E-state index < -0.39 is 0 Å². The van der Waals surface area contributed by atoms with Crippen LogP contribution >= 0.6 is 0 Å². The van der Waals surface area contributed by atoms with Crippen molar-refractivity contribution in [2.75, 3.05) is 0 Å². The summed E-state index contributed by atoms with van der Waals surface area (Å²) in [4.78, 5) is 2.54. The normalized spacial score (nSPS) is 31.3. The fourth-order valence-electron chi connectivity index (χ4n) is 3.35. The molecular formula is C16H23NO. The van der Waals surface area contributed by atoms with Crippen molar-refractivity contribution in [2.45, 2.75) is 58.3 Å². The van der Waals surface area contributed by atoms with Crippen molar-refractivity contribution in [1.82, 2.24) is 4.90 Å². The molecule has 0 spiro atoms. The molecule has 1 fully saturated rings. The molecule has 1 aromatic rings. The highest BCUT2D eigenvalue weighted by Crippen LogP contribution is 2.39. The Morgan fingerprint density at radius 1 is 1.17 bits per heavy atom. The van der Waals surface area contributed by atoms with Gasteiger partial charge in [0.25, 0.3) is 0 Å². The highest BCUT2D eigenvalue weighted by atomic mass is 16.3. The second-order valence-corrected chi connectivity index (χ2v) is 6.61. The third-order valence-electron chi connectivity index (χ3n) is 4.90. The molecule has 1 N–H and O–H groups in total. The van der Waals surface area contributed by atoms with Crippen LogP contribution in [0, 0.1) is 5.41 Å². The summed E-state index contributed by atoms with van der Waals surface area (Å²) >= 11 is 0. The standard InChI is InChI=1S/C16H23NO/c1-16(2)8-7-14(9-15(16)18)17-10-12-5-3-4-6-13(12)11-17/h3-6,14-15,18H,7-11H2,1-2H3/t14-,15-/m1/s1. The summed E-state index contributed by atoms with van der Waals surface area (Å²) in [6.45, 7) is 6.50. The van der Waals surface area contributed by atoms with Gasteiger partial charge in [0.1, 0.15) is 0 Å². The van der Waals surface area contributed by atoms with Gasteiger partial charge in [-0.15, -0.1) is 0 Å². The van der Waals surface area contributed by atoms with Crippen molar-refractivity contribution in [3.63, 3.8) is 0 Å². The van der Waals surface area contributed by atoms with E-state index in [0.717, 1.165) is 25.9 Å². The van der Waals surface area contributed by atoms with Crippen molar-refractivity contribution in [1.29, 1.82) is 0 Å². The van der Waals surface area contributed by atoms with Gasteiger partial charge in [-0.25, -0.2) is 0 Å². The summed E-state index contributed by atoms with van der Waals surface area (Å²) < 4.78 is 0. The van der Waals surface area contributed by atoms with Gasteiger partial charge in [0.05, 0.1) is 6.10 Å². The Morgan fingerprint density at radius 3 is 2.33 bits per heavy atom. The van der Waals surface area contributed by atoms with Gasteiger partial charge in [0, 0.05) is 19.1 Å². The van der Waals surface area contributed by atoms with Crippen LogP contribution in [0.2, 0.25) is 0 Å². The Labute approximate surface area is 110 Å². The van der Waals surface area contributed by atoms with Gasteiger partial charge >= 0.3 is 0 Å². The van der Waals surface area contributed by atoms with Crippen LogP contribution in [-0.4, -0.2) is 22.2 Å². The Morgan fingerprint density at radius 2 is 1.78 bits per heavy atom. The van der Waals surface area contributed by atoms with E-state index in [1.165, 1.54) is 17.5 Å². The van der Waals surface area contributed by atoms with Crippen LogP contribution in [0.15, 0.2) is 24.3 Å². The molecule has 18 heavy (non-hydrogen) atoms. The van der Waals surface area contributed by atoms with Crippen LogP contribution in [0.3, 0.4) is 0 Å². The maximum atomic E-state index is 10.3. The van der Waals surface area contributed by atoms with Crippen LogP contribution in [0.4, 0.5) is 0 Å². The fraction of sp³-hybridized carbons (Fsp3) is 0.625. The zero-order valence-electron chi connectivity index (χ0n) is 11.4. The van der Waals surface area contributed by atoms with Crippen molar-refractivity contribution in [3.8, 4) is 0 Å². The number of aliphatic hydroxyl groups is 1. The molecular weight excluding hydrogens is 222 g/mol. The topological polar surface area (TPSA) is 23.5 Å². The lowest BCUT2D eigenvalue weighted by Gasteiger charge is -2.42. The third kappa shape index (κ3) is 2.08. The number of benzene rings is 1. The molecule has 0 bridgehead atoms. The van der Waals surface area contributed by atoms with Gasteiger partial charge in [-0.2, -0.15) is 0 Å². The average Bonchev–Trinajstić information content (AvgIpc) is 2.76. The highest BCUT2D eigenvalue weighted by molar-refractivity contribution is 5.30. The molecule has 1 aliphatic heterocycles. The molecule has 1 aliphatic carbocycles. The van der Waals surface area contributed by atoms with E-state index in [9.17, 15) is 5.11 Å². The van der Waals surface area contributed by atoms with Crippen LogP contribution in [-0.2, 0) is 13.1 Å². The second-order valence-electron chi connectivity index (χ2n) is 6.61. The molecule has 2 heteroatoms. The van der Waals surface area contributed by atoms with Gasteiger partial charge in [0.15, 0.2) is 0 Å². The average molecular weight is 245 g/mol. The fourth-order valence-corrected chi connectivity index (χ4v) is 3.35. The first-order valence-electron chi connectivity index (χ1n) is 7.05. The van der Waals surface area contributed by atoms with E-state index in [4.69, 9.17) is 0 Å². The van der Waals surface area contributed by atoms with Crippen LogP contribution in [0.5, 0.6) is 0 Å². The molecule has 2 nitrogen and oxygen atoms in total. The van der Waals surface area contributed by atoms with E-state index in [2.05, 4.69) is 43.0 Å². The van der Waals surface area contributed by atoms with Crippen molar-refractivity contribution in [2.24, 2.45) is 5.41 Å². The van der Waals surface area contributed by atoms with Gasteiger partial charge in [0.2, 0.25) is 0 Å². The van der Waals surface area contributed by atoms with E-state index in [1.807, 2.05) is 0 Å². The molecule has 2 aliphatic rings. The lowest BCUT2D eigenvalue weighted by Crippen LogP contribution is -2.44. The number of hydrogen-bond donors (Lipinski definition) is 1. The minimum atomic E-state index is -0.153. The summed E-state index contributed by atoms with van der Waals surface area (Å²) in [7, 11) is 0. The molecule has 98 valence electrons. The quantitative estimate of drug-likeness (QED) is 0.822. The Balaban J connectivity index is 1.69. The smallest absolute Gasteiger partial charge is 0.0606 e. The van der Waals surface area contributed by atoms with Crippen molar-refractivity contribution in [3.05, 3.63) is 35.4 Å². The van der Waals surface area contributed by atoms with Gasteiger partial charge in [-0.05, 0) is 35.8 Å². The first-order chi connectivity index (χ1) is 8.56. The molecule has 2 atom stereocenters. The van der Waals surface area contributed by atoms with Crippen molar-refractivity contribution >= 4 is 0 Å². The number of fused-ring (bicyclic) bond motifs is 1. The van der Waals surface area contributed by atoms with Crippen molar-refractivity contribution < 1.29 is 5.11 Å². The first-order valence-corrected chi connectivity index (χ1v) is 7.05. The largest absolute Gasteiger partial charge is 0.393 e. The van der Waals surface area contributed by atoms with Gasteiger partial charge in [-0.3, -0.25) is 4.90 Å². The van der Waals surface area contributed by atoms with E-state index in [1.54, 1.807) is 0 Å². The number of rotatable bonds is 1. The lowest BCUT2D eigenvalue weighted by molar-refractivity contribution is -0.0258. The summed E-state index contributed by atoms with van der Waals surface area (Å²) in [5, 5.41) is 10.3. The van der Waals surface area contributed by atoms with E-state index in [0.29, 0.717) is 6.04 Å². The molecule has 1 aromatic carbocycles. The second kappa shape index (κ2) is 4.36. The molecule has 1 heterocycles. The van der Waals surface area contributed by atoms with Gasteiger partial charge < -0.3 is 5.11 Å². The number of nitrogens with zero attached hydrogens (tertiary/aromatic N) is 1. The van der Waals surface area contributed by atoms with Crippen LogP contribution in [0.25, 0.3) is 0 Å². The maximum absolute atomic E-state index is 10.3. The molecule has 1 saturated carbocycles. The third-order valence-corrected chi connectivity index (χ3v) is 4.90. The number of hydrogen-bond acceptors (Lipinski definition) is 2. The molecule has 0 radical (unpaired) electrons. The molecule has 3 rings (SSSR count). The highest BCUT2D eigenvalue weighted by Gasteiger charge is 2.38. The lowest BCUT2D eigenvalue weighted by atomic mass is 9.73. The zero-order valence-corrected chi connectivity index (χ0v) is 11.4. The molecule has 0 aromatic heterocycles. The Kier molecular flexibility index (Phi) is 2.95. The summed E-state index contributed by atoms with van der Waals surface area (Å²) in [5.74, 6) is 0. The Bertz CT molecular complexity index is 415. The molecule has 0 amide bonds. The molecule has 0 unspecified atom stereocenters.